The van der Waals surface area contributed by atoms with Gasteiger partial charge in [-0.05, 0) is 44.4 Å². The minimum Gasteiger partial charge on any atom is -0.379 e. The van der Waals surface area contributed by atoms with E-state index in [0.29, 0.717) is 13.1 Å². The van der Waals surface area contributed by atoms with E-state index < -0.39 is 11.6 Å². The SMILES string of the molecule is CCNC(=NCC(C)(C)N1CCOCC1)NCC(C)c1ccc(F)c(F)c1. The molecule has 1 unspecified atom stereocenters. The van der Waals surface area contributed by atoms with Gasteiger partial charge in [-0.15, -0.1) is 0 Å². The van der Waals surface area contributed by atoms with Gasteiger partial charge >= 0.3 is 0 Å². The van der Waals surface area contributed by atoms with Crippen LogP contribution in [-0.2, 0) is 4.74 Å². The molecule has 152 valence electrons. The average Bonchev–Trinajstić information content (AvgIpc) is 2.66. The molecule has 7 heteroatoms. The molecule has 1 heterocycles. The lowest BCUT2D eigenvalue weighted by Gasteiger charge is -2.40. The third-order valence-corrected chi connectivity index (χ3v) is 4.92. The first-order chi connectivity index (χ1) is 12.8. The Balaban J connectivity index is 1.95. The second-order valence-corrected chi connectivity index (χ2v) is 7.56. The Kier molecular flexibility index (Phi) is 7.98. The molecule has 0 amide bonds. The van der Waals surface area contributed by atoms with Crippen molar-refractivity contribution in [1.82, 2.24) is 15.5 Å². The molecule has 1 aromatic rings. The first-order valence-electron chi connectivity index (χ1n) is 9.63. The highest BCUT2D eigenvalue weighted by Crippen LogP contribution is 2.18. The van der Waals surface area contributed by atoms with E-state index >= 15 is 0 Å². The van der Waals surface area contributed by atoms with Gasteiger partial charge in [-0.3, -0.25) is 9.89 Å². The number of guanidine groups is 1. The lowest BCUT2D eigenvalue weighted by atomic mass is 10.0. The second-order valence-electron chi connectivity index (χ2n) is 7.56. The van der Waals surface area contributed by atoms with E-state index in [2.05, 4.69) is 29.4 Å². The van der Waals surface area contributed by atoms with Crippen LogP contribution < -0.4 is 10.6 Å². The summed E-state index contributed by atoms with van der Waals surface area (Å²) in [6.45, 7) is 13.7. The molecule has 5 nitrogen and oxygen atoms in total. The number of halogens is 2. The number of rotatable bonds is 7. The molecule has 0 saturated carbocycles. The molecule has 1 aliphatic heterocycles. The van der Waals surface area contributed by atoms with Crippen molar-refractivity contribution in [3.63, 3.8) is 0 Å². The highest BCUT2D eigenvalue weighted by Gasteiger charge is 2.28. The molecular formula is C20H32F2N4O. The van der Waals surface area contributed by atoms with E-state index in [0.717, 1.165) is 44.4 Å². The topological polar surface area (TPSA) is 48.9 Å². The molecule has 2 N–H and O–H groups in total. The van der Waals surface area contributed by atoms with E-state index in [1.165, 1.54) is 12.1 Å². The van der Waals surface area contributed by atoms with Crippen LogP contribution in [0, 0.1) is 11.6 Å². The van der Waals surface area contributed by atoms with Crippen LogP contribution in [0.3, 0.4) is 0 Å². The summed E-state index contributed by atoms with van der Waals surface area (Å²) in [5.74, 6) is -0.879. The zero-order valence-corrected chi connectivity index (χ0v) is 16.8. The summed E-state index contributed by atoms with van der Waals surface area (Å²) in [5, 5.41) is 6.56. The highest BCUT2D eigenvalue weighted by atomic mass is 19.2. The van der Waals surface area contributed by atoms with Gasteiger partial charge in [0.2, 0.25) is 0 Å². The van der Waals surface area contributed by atoms with Crippen LogP contribution >= 0.6 is 0 Å². The molecule has 1 fully saturated rings. The van der Waals surface area contributed by atoms with Gasteiger partial charge in [-0.25, -0.2) is 8.78 Å². The Morgan fingerprint density at radius 2 is 1.93 bits per heavy atom. The van der Waals surface area contributed by atoms with Gasteiger partial charge in [0.25, 0.3) is 0 Å². The molecule has 1 atom stereocenters. The Hall–Kier alpha value is -1.73. The maximum absolute atomic E-state index is 13.4. The van der Waals surface area contributed by atoms with Crippen molar-refractivity contribution in [2.75, 3.05) is 45.9 Å². The fourth-order valence-corrected chi connectivity index (χ4v) is 3.07. The van der Waals surface area contributed by atoms with Gasteiger partial charge < -0.3 is 15.4 Å². The Morgan fingerprint density at radius 1 is 1.22 bits per heavy atom. The number of aliphatic imine (C=N–C) groups is 1. The molecule has 0 radical (unpaired) electrons. The molecule has 1 aromatic carbocycles. The van der Waals surface area contributed by atoms with Crippen molar-refractivity contribution in [3.05, 3.63) is 35.4 Å². The molecular weight excluding hydrogens is 350 g/mol. The summed E-state index contributed by atoms with van der Waals surface area (Å²) in [6, 6.07) is 4.05. The van der Waals surface area contributed by atoms with Gasteiger partial charge in [0.1, 0.15) is 0 Å². The summed E-state index contributed by atoms with van der Waals surface area (Å²) in [7, 11) is 0. The van der Waals surface area contributed by atoms with E-state index in [-0.39, 0.29) is 11.5 Å². The number of hydrogen-bond donors (Lipinski definition) is 2. The predicted molar refractivity (Wildman–Crippen MR) is 105 cm³/mol. The molecule has 0 spiro atoms. The highest BCUT2D eigenvalue weighted by molar-refractivity contribution is 5.79. The third kappa shape index (κ3) is 6.43. The number of ether oxygens (including phenoxy) is 1. The minimum atomic E-state index is -0.820. The molecule has 2 rings (SSSR count). The lowest BCUT2D eigenvalue weighted by molar-refractivity contribution is -0.00683. The van der Waals surface area contributed by atoms with Crippen LogP contribution in [0.15, 0.2) is 23.2 Å². The predicted octanol–water partition coefficient (Wildman–Crippen LogP) is 2.73. The van der Waals surface area contributed by atoms with Crippen LogP contribution in [0.5, 0.6) is 0 Å². The van der Waals surface area contributed by atoms with Crippen molar-refractivity contribution >= 4 is 5.96 Å². The normalized spacial score (nSPS) is 17.6. The summed E-state index contributed by atoms with van der Waals surface area (Å²) < 4.78 is 32.0. The maximum atomic E-state index is 13.4. The molecule has 1 saturated heterocycles. The average molecular weight is 382 g/mol. The molecule has 0 bridgehead atoms. The maximum Gasteiger partial charge on any atom is 0.191 e. The summed E-state index contributed by atoms with van der Waals surface area (Å²) in [4.78, 5) is 7.13. The quantitative estimate of drug-likeness (QED) is 0.562. The molecule has 0 aliphatic carbocycles. The number of morpholine rings is 1. The van der Waals surface area contributed by atoms with Crippen molar-refractivity contribution in [2.45, 2.75) is 39.2 Å². The van der Waals surface area contributed by atoms with Gasteiger partial charge in [0.15, 0.2) is 17.6 Å². The lowest BCUT2D eigenvalue weighted by Crippen LogP contribution is -2.52. The van der Waals surface area contributed by atoms with Crippen molar-refractivity contribution in [2.24, 2.45) is 4.99 Å². The monoisotopic (exact) mass is 382 g/mol. The summed E-state index contributed by atoms with van der Waals surface area (Å²) in [5.41, 5.74) is 0.698. The van der Waals surface area contributed by atoms with Crippen molar-refractivity contribution in [3.8, 4) is 0 Å². The Bertz CT molecular complexity index is 630. The van der Waals surface area contributed by atoms with E-state index in [1.54, 1.807) is 6.07 Å². The smallest absolute Gasteiger partial charge is 0.191 e. The van der Waals surface area contributed by atoms with E-state index in [9.17, 15) is 8.78 Å². The zero-order valence-electron chi connectivity index (χ0n) is 16.8. The number of benzene rings is 1. The Morgan fingerprint density at radius 3 is 2.56 bits per heavy atom. The summed E-state index contributed by atoms with van der Waals surface area (Å²) in [6.07, 6.45) is 0. The fraction of sp³-hybridized carbons (Fsp3) is 0.650. The number of nitrogens with zero attached hydrogens (tertiary/aromatic N) is 2. The van der Waals surface area contributed by atoms with Crippen LogP contribution in [0.4, 0.5) is 8.78 Å². The number of hydrogen-bond acceptors (Lipinski definition) is 3. The van der Waals surface area contributed by atoms with Crippen LogP contribution in [0.25, 0.3) is 0 Å². The van der Waals surface area contributed by atoms with Gasteiger partial charge in [-0.2, -0.15) is 0 Å². The van der Waals surface area contributed by atoms with Crippen molar-refractivity contribution < 1.29 is 13.5 Å². The van der Waals surface area contributed by atoms with E-state index in [4.69, 9.17) is 9.73 Å². The molecule has 1 aliphatic rings. The van der Waals surface area contributed by atoms with Crippen LogP contribution in [0.1, 0.15) is 39.2 Å². The zero-order chi connectivity index (χ0) is 19.9. The van der Waals surface area contributed by atoms with Gasteiger partial charge in [0.05, 0.1) is 19.8 Å². The first-order valence-corrected chi connectivity index (χ1v) is 9.63. The number of nitrogens with one attached hydrogen (secondary N) is 2. The van der Waals surface area contributed by atoms with Crippen LogP contribution in [0.2, 0.25) is 0 Å². The molecule has 0 aromatic heterocycles. The standard InChI is InChI=1S/C20H32F2N4O/c1-5-23-19(25-14-20(3,4)26-8-10-27-11-9-26)24-13-15(2)16-6-7-17(21)18(22)12-16/h6-7,12,15H,5,8-11,13-14H2,1-4H3,(H2,23,24,25). The van der Waals surface area contributed by atoms with Crippen LogP contribution in [-0.4, -0.2) is 62.3 Å². The summed E-state index contributed by atoms with van der Waals surface area (Å²) >= 11 is 0. The fourth-order valence-electron chi connectivity index (χ4n) is 3.07. The largest absolute Gasteiger partial charge is 0.379 e. The van der Waals surface area contributed by atoms with Crippen molar-refractivity contribution in [1.29, 1.82) is 0 Å². The third-order valence-electron chi connectivity index (χ3n) is 4.92. The molecule has 27 heavy (non-hydrogen) atoms. The van der Waals surface area contributed by atoms with Gasteiger partial charge in [0, 0.05) is 31.7 Å². The van der Waals surface area contributed by atoms with Gasteiger partial charge in [-0.1, -0.05) is 13.0 Å². The minimum absolute atomic E-state index is 0.0243. The van der Waals surface area contributed by atoms with E-state index in [1.807, 2.05) is 13.8 Å². The first kappa shape index (κ1) is 21.6. The Labute approximate surface area is 161 Å². The second kappa shape index (κ2) is 9.99.